The van der Waals surface area contributed by atoms with Crippen LogP contribution < -0.4 is 5.32 Å². The summed E-state index contributed by atoms with van der Waals surface area (Å²) in [6.07, 6.45) is 4.49. The molecular weight excluding hydrogens is 242 g/mol. The van der Waals surface area contributed by atoms with Crippen LogP contribution in [0.4, 0.5) is 0 Å². The van der Waals surface area contributed by atoms with Crippen molar-refractivity contribution in [3.63, 3.8) is 0 Å². The lowest BCUT2D eigenvalue weighted by Crippen LogP contribution is -2.43. The third kappa shape index (κ3) is 2.95. The fourth-order valence-corrected chi connectivity index (χ4v) is 3.63. The zero-order valence-electron chi connectivity index (χ0n) is 12.3. The fraction of sp³-hybridized carbons (Fsp3) is 0.933. The van der Waals surface area contributed by atoms with Crippen molar-refractivity contribution < 1.29 is 14.6 Å². The van der Waals surface area contributed by atoms with Crippen molar-refractivity contribution in [2.24, 2.45) is 17.3 Å². The van der Waals surface area contributed by atoms with E-state index in [1.807, 2.05) is 13.8 Å². The number of carbonyl (C=O) groups is 1. The molecule has 0 radical (unpaired) electrons. The second-order valence-electron chi connectivity index (χ2n) is 6.51. The monoisotopic (exact) mass is 269 g/mol. The Labute approximate surface area is 115 Å². The first-order valence-corrected chi connectivity index (χ1v) is 7.53. The van der Waals surface area contributed by atoms with Gasteiger partial charge in [0.15, 0.2) is 0 Å². The van der Waals surface area contributed by atoms with E-state index in [9.17, 15) is 9.90 Å². The lowest BCUT2D eigenvalue weighted by atomic mass is 9.85. The zero-order valence-corrected chi connectivity index (χ0v) is 12.3. The molecule has 4 nitrogen and oxygen atoms in total. The van der Waals surface area contributed by atoms with E-state index in [4.69, 9.17) is 4.74 Å². The predicted octanol–water partition coefficient (Wildman–Crippen LogP) is 1.71. The number of hydrogen-bond donors (Lipinski definition) is 2. The van der Waals surface area contributed by atoms with Crippen molar-refractivity contribution in [2.75, 3.05) is 13.2 Å². The number of aliphatic hydroxyl groups excluding tert-OH is 1. The average Bonchev–Trinajstić information content (AvgIpc) is 2.94. The highest BCUT2D eigenvalue weighted by Crippen LogP contribution is 2.37. The molecule has 19 heavy (non-hydrogen) atoms. The Morgan fingerprint density at radius 1 is 1.26 bits per heavy atom. The molecule has 0 bridgehead atoms. The standard InChI is InChI=1S/C15H27NO3/c1-10-11(2)19-12(3)13(10)14(18)16-8-15(9-17)6-4-5-7-15/h10-13,17H,4-9H2,1-3H3,(H,16,18). The molecule has 0 aromatic heterocycles. The van der Waals surface area contributed by atoms with E-state index in [-0.39, 0.29) is 42.0 Å². The molecule has 1 aliphatic carbocycles. The zero-order chi connectivity index (χ0) is 14.0. The van der Waals surface area contributed by atoms with Gasteiger partial charge in [-0.25, -0.2) is 0 Å². The van der Waals surface area contributed by atoms with Gasteiger partial charge in [0.2, 0.25) is 5.91 Å². The maximum absolute atomic E-state index is 12.4. The summed E-state index contributed by atoms with van der Waals surface area (Å²) in [5.74, 6) is 0.278. The number of hydrogen-bond acceptors (Lipinski definition) is 3. The first-order chi connectivity index (χ1) is 8.99. The van der Waals surface area contributed by atoms with Crippen LogP contribution in [0.2, 0.25) is 0 Å². The Bertz CT molecular complexity index is 325. The van der Waals surface area contributed by atoms with E-state index in [0.717, 1.165) is 25.7 Å². The second-order valence-corrected chi connectivity index (χ2v) is 6.51. The van der Waals surface area contributed by atoms with Crippen LogP contribution in [-0.4, -0.2) is 36.4 Å². The summed E-state index contributed by atoms with van der Waals surface area (Å²) in [5, 5.41) is 12.6. The predicted molar refractivity (Wildman–Crippen MR) is 73.7 cm³/mol. The quantitative estimate of drug-likeness (QED) is 0.817. The molecule has 1 heterocycles. The van der Waals surface area contributed by atoms with E-state index in [1.165, 1.54) is 0 Å². The lowest BCUT2D eigenvalue weighted by molar-refractivity contribution is -0.127. The van der Waals surface area contributed by atoms with Crippen LogP contribution in [0.15, 0.2) is 0 Å². The van der Waals surface area contributed by atoms with Gasteiger partial charge in [-0.1, -0.05) is 19.8 Å². The van der Waals surface area contributed by atoms with Crippen LogP contribution in [0.25, 0.3) is 0 Å². The van der Waals surface area contributed by atoms with E-state index in [1.54, 1.807) is 0 Å². The largest absolute Gasteiger partial charge is 0.396 e. The molecule has 4 atom stereocenters. The molecule has 2 fully saturated rings. The Balaban J connectivity index is 1.91. The highest BCUT2D eigenvalue weighted by molar-refractivity contribution is 5.80. The number of amides is 1. The van der Waals surface area contributed by atoms with Gasteiger partial charge in [-0.2, -0.15) is 0 Å². The molecule has 2 rings (SSSR count). The van der Waals surface area contributed by atoms with Crippen molar-refractivity contribution >= 4 is 5.91 Å². The van der Waals surface area contributed by atoms with E-state index < -0.39 is 0 Å². The number of nitrogens with one attached hydrogen (secondary N) is 1. The molecule has 2 aliphatic rings. The maximum Gasteiger partial charge on any atom is 0.226 e. The molecule has 1 saturated carbocycles. The summed E-state index contributed by atoms with van der Waals surface area (Å²) < 4.78 is 5.72. The van der Waals surface area contributed by atoms with Gasteiger partial charge in [-0.05, 0) is 32.6 Å². The highest BCUT2D eigenvalue weighted by atomic mass is 16.5. The van der Waals surface area contributed by atoms with Gasteiger partial charge in [0.05, 0.1) is 24.7 Å². The van der Waals surface area contributed by atoms with Crippen LogP contribution in [0.3, 0.4) is 0 Å². The van der Waals surface area contributed by atoms with Gasteiger partial charge in [0, 0.05) is 12.0 Å². The summed E-state index contributed by atoms with van der Waals surface area (Å²) in [6.45, 7) is 6.86. The maximum atomic E-state index is 12.4. The summed E-state index contributed by atoms with van der Waals surface area (Å²) in [7, 11) is 0. The van der Waals surface area contributed by atoms with Crippen LogP contribution in [0.5, 0.6) is 0 Å². The molecule has 110 valence electrons. The molecule has 4 unspecified atom stereocenters. The van der Waals surface area contributed by atoms with Crippen molar-refractivity contribution in [3.8, 4) is 0 Å². The van der Waals surface area contributed by atoms with Crippen LogP contribution >= 0.6 is 0 Å². The number of rotatable bonds is 4. The minimum Gasteiger partial charge on any atom is -0.396 e. The molecule has 0 spiro atoms. The smallest absolute Gasteiger partial charge is 0.226 e. The first-order valence-electron chi connectivity index (χ1n) is 7.53. The van der Waals surface area contributed by atoms with Gasteiger partial charge in [-0.3, -0.25) is 4.79 Å². The Kier molecular flexibility index (Phi) is 4.51. The van der Waals surface area contributed by atoms with Crippen LogP contribution in [-0.2, 0) is 9.53 Å². The molecule has 4 heteroatoms. The first kappa shape index (κ1) is 14.8. The van der Waals surface area contributed by atoms with Crippen molar-refractivity contribution in [1.29, 1.82) is 0 Å². The minimum atomic E-state index is -0.0762. The Hall–Kier alpha value is -0.610. The van der Waals surface area contributed by atoms with Crippen molar-refractivity contribution in [1.82, 2.24) is 5.32 Å². The topological polar surface area (TPSA) is 58.6 Å². The summed E-state index contributed by atoms with van der Waals surface area (Å²) in [5.41, 5.74) is -0.0762. The van der Waals surface area contributed by atoms with E-state index in [2.05, 4.69) is 12.2 Å². The van der Waals surface area contributed by atoms with Crippen molar-refractivity contribution in [3.05, 3.63) is 0 Å². The third-order valence-corrected chi connectivity index (χ3v) is 5.18. The lowest BCUT2D eigenvalue weighted by Gasteiger charge is -2.28. The summed E-state index contributed by atoms with van der Waals surface area (Å²) in [4.78, 5) is 12.4. The molecule has 0 aromatic rings. The fourth-order valence-electron chi connectivity index (χ4n) is 3.63. The Morgan fingerprint density at radius 3 is 2.37 bits per heavy atom. The molecule has 0 aromatic carbocycles. The van der Waals surface area contributed by atoms with Gasteiger partial charge in [0.1, 0.15) is 0 Å². The molecule has 1 aliphatic heterocycles. The minimum absolute atomic E-state index is 0.0151. The van der Waals surface area contributed by atoms with E-state index in [0.29, 0.717) is 6.54 Å². The van der Waals surface area contributed by atoms with Gasteiger partial charge >= 0.3 is 0 Å². The number of aliphatic hydroxyl groups is 1. The summed E-state index contributed by atoms with van der Waals surface area (Å²) in [6, 6.07) is 0. The molecule has 1 saturated heterocycles. The highest BCUT2D eigenvalue weighted by Gasteiger charge is 2.42. The van der Waals surface area contributed by atoms with Gasteiger partial charge < -0.3 is 15.2 Å². The van der Waals surface area contributed by atoms with Crippen molar-refractivity contribution in [2.45, 2.75) is 58.7 Å². The molecule has 2 N–H and O–H groups in total. The van der Waals surface area contributed by atoms with Crippen LogP contribution in [0, 0.1) is 17.3 Å². The molecule has 1 amide bonds. The SMILES string of the molecule is CC1OC(C)C(C(=O)NCC2(CO)CCCC2)C1C. The average molecular weight is 269 g/mol. The molecular formula is C15H27NO3. The Morgan fingerprint density at radius 2 is 1.89 bits per heavy atom. The number of ether oxygens (including phenoxy) is 1. The third-order valence-electron chi connectivity index (χ3n) is 5.18. The normalized spacial score (nSPS) is 37.5. The summed E-state index contributed by atoms with van der Waals surface area (Å²) >= 11 is 0. The van der Waals surface area contributed by atoms with Gasteiger partial charge in [0.25, 0.3) is 0 Å². The number of carbonyl (C=O) groups excluding carboxylic acids is 1. The van der Waals surface area contributed by atoms with Gasteiger partial charge in [-0.15, -0.1) is 0 Å². The second kappa shape index (κ2) is 5.80. The van der Waals surface area contributed by atoms with Crippen LogP contribution in [0.1, 0.15) is 46.5 Å². The van der Waals surface area contributed by atoms with E-state index >= 15 is 0 Å².